The molecule has 3 rings (SSSR count). The molecule has 2 amide bonds. The highest BCUT2D eigenvalue weighted by molar-refractivity contribution is 9.10. The molecule has 1 heterocycles. The van der Waals surface area contributed by atoms with E-state index in [0.717, 1.165) is 21.1 Å². The van der Waals surface area contributed by atoms with E-state index in [4.69, 9.17) is 9.47 Å². The maximum atomic E-state index is 12.8. The molecule has 172 valence electrons. The van der Waals surface area contributed by atoms with E-state index in [-0.39, 0.29) is 23.8 Å². The molecule has 1 aliphatic heterocycles. The monoisotopic (exact) mass is 534 g/mol. The van der Waals surface area contributed by atoms with Crippen LogP contribution in [0, 0.1) is 10.1 Å². The summed E-state index contributed by atoms with van der Waals surface area (Å²) in [7, 11) is 0. The summed E-state index contributed by atoms with van der Waals surface area (Å²) < 4.78 is 11.5. The summed E-state index contributed by atoms with van der Waals surface area (Å²) in [5.74, 6) is -0.852. The van der Waals surface area contributed by atoms with E-state index >= 15 is 0 Å². The van der Waals surface area contributed by atoms with Gasteiger partial charge in [-0.2, -0.15) is 0 Å². The third-order valence-electron chi connectivity index (χ3n) is 4.61. The molecule has 0 N–H and O–H groups in total. The number of esters is 1. The number of imide groups is 1. The van der Waals surface area contributed by atoms with Gasteiger partial charge in [0.2, 0.25) is 0 Å². The Labute approximate surface area is 202 Å². The van der Waals surface area contributed by atoms with Crippen LogP contribution < -0.4 is 4.74 Å². The van der Waals surface area contributed by atoms with E-state index < -0.39 is 28.1 Å². The van der Waals surface area contributed by atoms with Gasteiger partial charge in [-0.15, -0.1) is 0 Å². The number of thioether (sulfide) groups is 1. The lowest BCUT2D eigenvalue weighted by Gasteiger charge is -2.19. The number of nitro benzene ring substituents is 1. The highest BCUT2D eigenvalue weighted by Gasteiger charge is 2.41. The van der Waals surface area contributed by atoms with Crippen LogP contribution in [0.25, 0.3) is 6.08 Å². The Morgan fingerprint density at radius 2 is 2.03 bits per heavy atom. The second kappa shape index (κ2) is 10.6. The number of nitro groups is 1. The van der Waals surface area contributed by atoms with Gasteiger partial charge in [-0.05, 0) is 55.4 Å². The smallest absolute Gasteiger partial charge is 0.329 e. The van der Waals surface area contributed by atoms with E-state index in [1.807, 2.05) is 0 Å². The third kappa shape index (κ3) is 5.79. The summed E-state index contributed by atoms with van der Waals surface area (Å²) in [4.78, 5) is 48.8. The Hall–Kier alpha value is -3.18. The maximum Gasteiger partial charge on any atom is 0.329 e. The minimum Gasteiger partial charge on any atom is -0.488 e. The number of halogens is 1. The van der Waals surface area contributed by atoms with E-state index in [2.05, 4.69) is 15.9 Å². The number of carbonyl (C=O) groups is 3. The van der Waals surface area contributed by atoms with Crippen molar-refractivity contribution in [3.63, 3.8) is 0 Å². The van der Waals surface area contributed by atoms with Crippen LogP contribution in [-0.4, -0.2) is 39.6 Å². The van der Waals surface area contributed by atoms with Crippen LogP contribution in [0.15, 0.2) is 51.8 Å². The van der Waals surface area contributed by atoms with E-state index in [1.165, 1.54) is 25.1 Å². The Morgan fingerprint density at radius 3 is 2.73 bits per heavy atom. The van der Waals surface area contributed by atoms with Gasteiger partial charge in [-0.3, -0.25) is 24.6 Å². The molecule has 0 aromatic heterocycles. The SMILES string of the molecule is CCOC(=O)[C@H](C)N1C(=O)S/C(=C/c2cc(Br)ccc2OCc2cccc([N+](=O)[O-])c2)C1=O. The molecular weight excluding hydrogens is 516 g/mol. The third-order valence-corrected chi connectivity index (χ3v) is 5.99. The summed E-state index contributed by atoms with van der Waals surface area (Å²) in [5, 5.41) is 10.4. The first-order chi connectivity index (χ1) is 15.7. The van der Waals surface area contributed by atoms with E-state index in [1.54, 1.807) is 37.3 Å². The van der Waals surface area contributed by atoms with Crippen molar-refractivity contribution in [2.75, 3.05) is 6.61 Å². The average Bonchev–Trinajstić information content (AvgIpc) is 3.05. The fourth-order valence-electron chi connectivity index (χ4n) is 3.01. The number of nitrogens with zero attached hydrogens (tertiary/aromatic N) is 2. The molecule has 2 aromatic carbocycles. The summed E-state index contributed by atoms with van der Waals surface area (Å²) in [6.45, 7) is 3.27. The second-order valence-electron chi connectivity index (χ2n) is 6.88. The quantitative estimate of drug-likeness (QED) is 0.202. The summed E-state index contributed by atoms with van der Waals surface area (Å²) >= 11 is 4.10. The number of carbonyl (C=O) groups excluding carboxylic acids is 3. The highest BCUT2D eigenvalue weighted by Crippen LogP contribution is 2.36. The molecule has 0 aliphatic carbocycles. The van der Waals surface area contributed by atoms with Crippen molar-refractivity contribution < 1.29 is 28.8 Å². The van der Waals surface area contributed by atoms with Crippen LogP contribution in [0.4, 0.5) is 10.5 Å². The number of benzene rings is 2. The van der Waals surface area contributed by atoms with Crippen LogP contribution in [0.2, 0.25) is 0 Å². The fourth-order valence-corrected chi connectivity index (χ4v) is 4.29. The largest absolute Gasteiger partial charge is 0.488 e. The van der Waals surface area contributed by atoms with Crippen LogP contribution in [0.5, 0.6) is 5.75 Å². The predicted octanol–water partition coefficient (Wildman–Crippen LogP) is 4.92. The Morgan fingerprint density at radius 1 is 1.27 bits per heavy atom. The number of hydrogen-bond acceptors (Lipinski definition) is 8. The molecule has 0 saturated carbocycles. The molecule has 1 atom stereocenters. The van der Waals surface area contributed by atoms with Gasteiger partial charge in [-0.25, -0.2) is 4.79 Å². The zero-order chi connectivity index (χ0) is 24.1. The van der Waals surface area contributed by atoms with Crippen molar-refractivity contribution in [2.24, 2.45) is 0 Å². The number of rotatable bonds is 8. The van der Waals surface area contributed by atoms with Crippen molar-refractivity contribution in [2.45, 2.75) is 26.5 Å². The lowest BCUT2D eigenvalue weighted by atomic mass is 10.1. The first-order valence-corrected chi connectivity index (χ1v) is 11.4. The molecule has 2 aromatic rings. The minimum atomic E-state index is -1.05. The van der Waals surface area contributed by atoms with Crippen molar-refractivity contribution in [3.8, 4) is 5.75 Å². The Balaban J connectivity index is 1.84. The van der Waals surface area contributed by atoms with Crippen LogP contribution >= 0.6 is 27.7 Å². The molecule has 11 heteroatoms. The topological polar surface area (TPSA) is 116 Å². The molecule has 9 nitrogen and oxygen atoms in total. The zero-order valence-electron chi connectivity index (χ0n) is 17.6. The standard InChI is InChI=1S/C22H19BrN2O7S/c1-3-31-21(27)13(2)24-20(26)19(33-22(24)28)11-15-10-16(23)7-8-18(15)32-12-14-5-4-6-17(9-14)25(29)30/h4-11,13H,3,12H2,1-2H3/b19-11+/t13-/m0/s1. The van der Waals surface area contributed by atoms with Crippen LogP contribution in [-0.2, 0) is 20.9 Å². The zero-order valence-corrected chi connectivity index (χ0v) is 20.1. The number of ether oxygens (including phenoxy) is 2. The second-order valence-corrected chi connectivity index (χ2v) is 8.79. The minimum absolute atomic E-state index is 0.0449. The number of amides is 2. The average molecular weight is 535 g/mol. The van der Waals surface area contributed by atoms with E-state index in [9.17, 15) is 24.5 Å². The van der Waals surface area contributed by atoms with Crippen molar-refractivity contribution in [1.82, 2.24) is 4.90 Å². The van der Waals surface area contributed by atoms with Gasteiger partial charge < -0.3 is 9.47 Å². The molecule has 1 saturated heterocycles. The molecule has 1 aliphatic rings. The summed E-state index contributed by atoms with van der Waals surface area (Å²) in [6, 6.07) is 10.2. The lowest BCUT2D eigenvalue weighted by Crippen LogP contribution is -2.42. The summed E-state index contributed by atoms with van der Waals surface area (Å²) in [5.41, 5.74) is 1.07. The molecule has 1 fully saturated rings. The van der Waals surface area contributed by atoms with E-state index in [0.29, 0.717) is 16.9 Å². The number of hydrogen-bond donors (Lipinski definition) is 0. The normalized spacial score (nSPS) is 15.6. The molecular formula is C22H19BrN2O7S. The van der Waals surface area contributed by atoms with Gasteiger partial charge in [0.25, 0.3) is 16.8 Å². The maximum absolute atomic E-state index is 12.8. The van der Waals surface area contributed by atoms with Crippen LogP contribution in [0.3, 0.4) is 0 Å². The van der Waals surface area contributed by atoms with Gasteiger partial charge in [-0.1, -0.05) is 28.1 Å². The molecule has 0 unspecified atom stereocenters. The van der Waals surface area contributed by atoms with Gasteiger partial charge in [0.15, 0.2) is 0 Å². The fraction of sp³-hybridized carbons (Fsp3) is 0.227. The van der Waals surface area contributed by atoms with Gasteiger partial charge in [0.05, 0.1) is 16.4 Å². The van der Waals surface area contributed by atoms with Gasteiger partial charge in [0.1, 0.15) is 18.4 Å². The van der Waals surface area contributed by atoms with Crippen molar-refractivity contribution >= 4 is 56.6 Å². The number of non-ortho nitro benzene ring substituents is 1. The molecule has 0 spiro atoms. The predicted molar refractivity (Wildman–Crippen MR) is 125 cm³/mol. The van der Waals surface area contributed by atoms with Gasteiger partial charge in [0, 0.05) is 22.2 Å². The Bertz CT molecular complexity index is 1150. The van der Waals surface area contributed by atoms with Crippen molar-refractivity contribution in [1.29, 1.82) is 0 Å². The highest BCUT2D eigenvalue weighted by atomic mass is 79.9. The van der Waals surface area contributed by atoms with Crippen LogP contribution in [0.1, 0.15) is 25.0 Å². The van der Waals surface area contributed by atoms with Crippen molar-refractivity contribution in [3.05, 3.63) is 73.1 Å². The summed E-state index contributed by atoms with van der Waals surface area (Å²) in [6.07, 6.45) is 1.51. The molecule has 33 heavy (non-hydrogen) atoms. The molecule has 0 bridgehead atoms. The first kappa shape index (κ1) is 24.5. The molecule has 0 radical (unpaired) electrons. The lowest BCUT2D eigenvalue weighted by molar-refractivity contribution is -0.384. The van der Waals surface area contributed by atoms with Gasteiger partial charge >= 0.3 is 5.97 Å². The first-order valence-electron chi connectivity index (χ1n) is 9.80. The Kier molecular flexibility index (Phi) is 7.88.